The van der Waals surface area contributed by atoms with Crippen LogP contribution in [0, 0.1) is 11.7 Å². The monoisotopic (exact) mass is 267 g/mol. The van der Waals surface area contributed by atoms with E-state index in [1.807, 2.05) is 0 Å². The lowest BCUT2D eigenvalue weighted by Crippen LogP contribution is -2.37. The van der Waals surface area contributed by atoms with Gasteiger partial charge in [0.2, 0.25) is 5.91 Å². The van der Waals surface area contributed by atoms with E-state index in [1.54, 1.807) is 26.1 Å². The molecule has 5 nitrogen and oxygen atoms in total. The van der Waals surface area contributed by atoms with Gasteiger partial charge in [-0.2, -0.15) is 0 Å². The van der Waals surface area contributed by atoms with Crippen molar-refractivity contribution < 1.29 is 14.4 Å². The number of likely N-dealkylation sites (N-methyl/N-ethyl adjacent to an activating group) is 1. The molecule has 0 bridgehead atoms. The first-order valence-electron chi connectivity index (χ1n) is 5.90. The normalized spacial score (nSPS) is 13.1. The van der Waals surface area contributed by atoms with E-state index in [0.29, 0.717) is 12.1 Å². The highest BCUT2D eigenvalue weighted by Gasteiger charge is 2.15. The van der Waals surface area contributed by atoms with Crippen LogP contribution >= 0.6 is 0 Å². The lowest BCUT2D eigenvalue weighted by Gasteiger charge is -2.21. The van der Waals surface area contributed by atoms with Crippen LogP contribution in [0.4, 0.5) is 4.39 Å². The number of hydrogen-bond acceptors (Lipinski definition) is 3. The molecule has 1 amide bonds. The average Bonchev–Trinajstić information content (AvgIpc) is 2.37. The number of halogens is 1. The molecule has 1 atom stereocenters. The van der Waals surface area contributed by atoms with Crippen molar-refractivity contribution in [2.45, 2.75) is 13.3 Å². The second kappa shape index (κ2) is 6.72. The molecule has 0 aliphatic carbocycles. The predicted octanol–water partition coefficient (Wildman–Crippen LogP) is 1.21. The number of hydrogen-bond donors (Lipinski definition) is 2. The highest BCUT2D eigenvalue weighted by atomic mass is 19.1. The van der Waals surface area contributed by atoms with Gasteiger partial charge in [-0.15, -0.1) is 0 Å². The Hall–Kier alpha value is -2.11. The van der Waals surface area contributed by atoms with Gasteiger partial charge < -0.3 is 15.8 Å². The van der Waals surface area contributed by atoms with Gasteiger partial charge in [0.1, 0.15) is 11.7 Å². The van der Waals surface area contributed by atoms with E-state index in [-0.39, 0.29) is 29.9 Å². The molecule has 0 fully saturated rings. The first-order chi connectivity index (χ1) is 8.93. The van der Waals surface area contributed by atoms with Crippen molar-refractivity contribution in [2.75, 3.05) is 13.6 Å². The Labute approximate surface area is 111 Å². The smallest absolute Gasteiger partial charge is 0.226 e. The minimum atomic E-state index is -0.363. The molecule has 1 unspecified atom stereocenters. The third-order valence-corrected chi connectivity index (χ3v) is 2.84. The maximum absolute atomic E-state index is 13.0. The molecular weight excluding hydrogens is 249 g/mol. The number of amides is 1. The lowest BCUT2D eigenvalue weighted by molar-refractivity contribution is -0.129. The number of nitrogens with zero attached hydrogens (tertiary/aromatic N) is 2. The molecule has 0 spiro atoms. The minimum Gasteiger partial charge on any atom is -0.409 e. The highest BCUT2D eigenvalue weighted by Crippen LogP contribution is 2.07. The topological polar surface area (TPSA) is 78.9 Å². The molecule has 6 heteroatoms. The fourth-order valence-electron chi connectivity index (χ4n) is 1.66. The van der Waals surface area contributed by atoms with E-state index >= 15 is 0 Å². The van der Waals surface area contributed by atoms with Crippen molar-refractivity contribution >= 4 is 11.7 Å². The highest BCUT2D eigenvalue weighted by molar-refractivity contribution is 5.83. The van der Waals surface area contributed by atoms with Crippen molar-refractivity contribution in [1.82, 2.24) is 4.90 Å². The maximum Gasteiger partial charge on any atom is 0.226 e. The molecule has 0 saturated carbocycles. The van der Waals surface area contributed by atoms with E-state index in [2.05, 4.69) is 5.16 Å². The first kappa shape index (κ1) is 14.9. The summed E-state index contributed by atoms with van der Waals surface area (Å²) in [7, 11) is 1.63. The molecule has 1 aromatic carbocycles. The maximum atomic E-state index is 13.0. The van der Waals surface area contributed by atoms with E-state index < -0.39 is 0 Å². The van der Waals surface area contributed by atoms with Gasteiger partial charge in [-0.05, 0) is 17.7 Å². The van der Waals surface area contributed by atoms with Gasteiger partial charge in [-0.1, -0.05) is 24.2 Å². The van der Waals surface area contributed by atoms with Gasteiger partial charge in [0.05, 0.1) is 6.42 Å². The Bertz CT molecular complexity index is 477. The second-order valence-corrected chi connectivity index (χ2v) is 4.51. The van der Waals surface area contributed by atoms with Crippen molar-refractivity contribution in [3.63, 3.8) is 0 Å². The Morgan fingerprint density at radius 1 is 1.58 bits per heavy atom. The van der Waals surface area contributed by atoms with E-state index in [1.165, 1.54) is 17.0 Å². The Kier molecular flexibility index (Phi) is 5.29. The summed E-state index contributed by atoms with van der Waals surface area (Å²) in [5.74, 6) is -0.682. The molecule has 3 N–H and O–H groups in total. The zero-order chi connectivity index (χ0) is 14.4. The van der Waals surface area contributed by atoms with Gasteiger partial charge >= 0.3 is 0 Å². The molecule has 1 rings (SSSR count). The van der Waals surface area contributed by atoms with Crippen molar-refractivity contribution in [3.8, 4) is 0 Å². The van der Waals surface area contributed by atoms with Crippen molar-refractivity contribution in [1.29, 1.82) is 0 Å². The standard InChI is InChI=1S/C13H18FN3O2/c1-9(13(15)16-19)8-17(2)12(18)7-10-4-3-5-11(14)6-10/h3-6,9,19H,7-8H2,1-2H3,(H2,15,16). The summed E-state index contributed by atoms with van der Waals surface area (Å²) in [5, 5.41) is 11.4. The summed E-state index contributed by atoms with van der Waals surface area (Å²) >= 11 is 0. The Morgan fingerprint density at radius 3 is 2.84 bits per heavy atom. The van der Waals surface area contributed by atoms with Crippen LogP contribution in [-0.4, -0.2) is 35.4 Å². The summed E-state index contributed by atoms with van der Waals surface area (Å²) in [4.78, 5) is 13.4. The number of carbonyl (C=O) groups excluding carboxylic acids is 1. The molecule has 104 valence electrons. The zero-order valence-corrected chi connectivity index (χ0v) is 11.0. The van der Waals surface area contributed by atoms with Gasteiger partial charge in [-0.25, -0.2) is 4.39 Å². The van der Waals surface area contributed by atoms with E-state index in [9.17, 15) is 9.18 Å². The number of amidine groups is 1. The number of oxime groups is 1. The van der Waals surface area contributed by atoms with Crippen LogP contribution in [-0.2, 0) is 11.2 Å². The quantitative estimate of drug-likeness (QED) is 0.364. The number of nitrogens with two attached hydrogens (primary N) is 1. The molecule has 0 aliphatic heterocycles. The van der Waals surface area contributed by atoms with E-state index in [0.717, 1.165) is 0 Å². The molecule has 0 aliphatic rings. The Morgan fingerprint density at radius 2 is 2.26 bits per heavy atom. The zero-order valence-electron chi connectivity index (χ0n) is 11.0. The molecule has 0 saturated heterocycles. The summed E-state index contributed by atoms with van der Waals surface area (Å²) in [6.07, 6.45) is 0.122. The van der Waals surface area contributed by atoms with Crippen LogP contribution in [0.3, 0.4) is 0 Å². The summed E-state index contributed by atoms with van der Waals surface area (Å²) in [5.41, 5.74) is 6.07. The summed E-state index contributed by atoms with van der Waals surface area (Å²) in [6.45, 7) is 2.09. The van der Waals surface area contributed by atoms with Crippen LogP contribution in [0.2, 0.25) is 0 Å². The van der Waals surface area contributed by atoms with Crippen LogP contribution in [0.15, 0.2) is 29.4 Å². The van der Waals surface area contributed by atoms with Crippen LogP contribution in [0.1, 0.15) is 12.5 Å². The summed E-state index contributed by atoms with van der Waals surface area (Å²) in [6, 6.07) is 5.93. The van der Waals surface area contributed by atoms with Crippen LogP contribution in [0.5, 0.6) is 0 Å². The third-order valence-electron chi connectivity index (χ3n) is 2.84. The third kappa shape index (κ3) is 4.57. The average molecular weight is 267 g/mol. The number of rotatable bonds is 5. The molecular formula is C13H18FN3O2. The van der Waals surface area contributed by atoms with Crippen LogP contribution < -0.4 is 5.73 Å². The van der Waals surface area contributed by atoms with E-state index in [4.69, 9.17) is 10.9 Å². The molecule has 0 radical (unpaired) electrons. The molecule has 0 aromatic heterocycles. The second-order valence-electron chi connectivity index (χ2n) is 4.51. The largest absolute Gasteiger partial charge is 0.409 e. The minimum absolute atomic E-state index is 0.0744. The van der Waals surface area contributed by atoms with Crippen molar-refractivity contribution in [2.24, 2.45) is 16.8 Å². The fourth-order valence-corrected chi connectivity index (χ4v) is 1.66. The van der Waals surface area contributed by atoms with Gasteiger partial charge in [0.25, 0.3) is 0 Å². The van der Waals surface area contributed by atoms with Gasteiger partial charge in [0, 0.05) is 19.5 Å². The number of carbonyl (C=O) groups is 1. The van der Waals surface area contributed by atoms with Gasteiger partial charge in [0.15, 0.2) is 0 Å². The summed E-state index contributed by atoms with van der Waals surface area (Å²) < 4.78 is 13.0. The molecule has 0 heterocycles. The van der Waals surface area contributed by atoms with Crippen molar-refractivity contribution in [3.05, 3.63) is 35.6 Å². The molecule has 1 aromatic rings. The Balaban J connectivity index is 2.58. The first-order valence-corrected chi connectivity index (χ1v) is 5.90. The SMILES string of the molecule is CC(CN(C)C(=O)Cc1cccc(F)c1)/C(N)=N/O. The van der Waals surface area contributed by atoms with Gasteiger partial charge in [-0.3, -0.25) is 4.79 Å². The predicted molar refractivity (Wildman–Crippen MR) is 70.3 cm³/mol. The fraction of sp³-hybridized carbons (Fsp3) is 0.385. The molecule has 19 heavy (non-hydrogen) atoms. The lowest BCUT2D eigenvalue weighted by atomic mass is 10.1. The number of benzene rings is 1. The van der Waals surface area contributed by atoms with Crippen LogP contribution in [0.25, 0.3) is 0 Å².